The van der Waals surface area contributed by atoms with Gasteiger partial charge in [0.2, 0.25) is 5.91 Å². The summed E-state index contributed by atoms with van der Waals surface area (Å²) in [5.41, 5.74) is 0.572. The molecule has 1 aromatic carbocycles. The number of amides is 2. The average Bonchev–Trinajstić information content (AvgIpc) is 2.96. The van der Waals surface area contributed by atoms with E-state index in [0.29, 0.717) is 12.0 Å². The van der Waals surface area contributed by atoms with E-state index in [1.165, 1.54) is 18.0 Å². The van der Waals surface area contributed by atoms with Crippen molar-refractivity contribution in [1.29, 1.82) is 0 Å². The fourth-order valence-electron chi connectivity index (χ4n) is 3.15. The van der Waals surface area contributed by atoms with Crippen LogP contribution in [0.25, 0.3) is 0 Å². The van der Waals surface area contributed by atoms with Crippen molar-refractivity contribution in [3.8, 4) is 0 Å². The molecule has 0 radical (unpaired) electrons. The second-order valence-electron chi connectivity index (χ2n) is 6.59. The molecular formula is C17H20FN3O4S. The van der Waals surface area contributed by atoms with E-state index in [9.17, 15) is 22.4 Å². The minimum Gasteiger partial charge on any atom is -0.336 e. The van der Waals surface area contributed by atoms with Gasteiger partial charge < -0.3 is 4.90 Å². The zero-order valence-electron chi connectivity index (χ0n) is 14.4. The summed E-state index contributed by atoms with van der Waals surface area (Å²) in [6.07, 6.45) is 0.619. The lowest BCUT2D eigenvalue weighted by Gasteiger charge is -2.29. The maximum atomic E-state index is 13.8. The van der Waals surface area contributed by atoms with Crippen molar-refractivity contribution in [2.45, 2.75) is 31.8 Å². The van der Waals surface area contributed by atoms with E-state index in [2.05, 4.69) is 5.10 Å². The fraction of sp³-hybridized carbons (Fsp3) is 0.471. The molecule has 140 valence electrons. The number of carbonyl (C=O) groups is 2. The van der Waals surface area contributed by atoms with Gasteiger partial charge in [0, 0.05) is 32.0 Å². The summed E-state index contributed by atoms with van der Waals surface area (Å²) in [5.74, 6) is -1.18. The minimum atomic E-state index is -3.17. The Morgan fingerprint density at radius 2 is 2.08 bits per heavy atom. The van der Waals surface area contributed by atoms with Crippen molar-refractivity contribution in [3.05, 3.63) is 35.6 Å². The smallest absolute Gasteiger partial charge is 0.270 e. The van der Waals surface area contributed by atoms with Crippen LogP contribution in [0, 0.1) is 5.82 Å². The van der Waals surface area contributed by atoms with Crippen LogP contribution in [-0.4, -0.2) is 60.4 Å². The van der Waals surface area contributed by atoms with Gasteiger partial charge in [0.1, 0.15) is 11.5 Å². The van der Waals surface area contributed by atoms with Crippen molar-refractivity contribution in [1.82, 2.24) is 9.91 Å². The van der Waals surface area contributed by atoms with Crippen molar-refractivity contribution >= 4 is 27.4 Å². The molecule has 2 aliphatic rings. The number of nitrogens with zero attached hydrogens (tertiary/aromatic N) is 3. The number of halogens is 1. The van der Waals surface area contributed by atoms with Crippen molar-refractivity contribution in [2.75, 3.05) is 18.6 Å². The highest BCUT2D eigenvalue weighted by Gasteiger charge is 2.37. The van der Waals surface area contributed by atoms with Crippen LogP contribution >= 0.6 is 0 Å². The first-order valence-electron chi connectivity index (χ1n) is 8.35. The van der Waals surface area contributed by atoms with E-state index in [0.717, 1.165) is 5.01 Å². The second-order valence-corrected chi connectivity index (χ2v) is 8.82. The molecule has 1 fully saturated rings. The molecule has 0 aliphatic carbocycles. The van der Waals surface area contributed by atoms with Crippen LogP contribution in [0.5, 0.6) is 0 Å². The van der Waals surface area contributed by atoms with Gasteiger partial charge in [-0.1, -0.05) is 18.2 Å². The monoisotopic (exact) mass is 381 g/mol. The first-order valence-corrected chi connectivity index (χ1v) is 10.2. The summed E-state index contributed by atoms with van der Waals surface area (Å²) in [7, 11) is -1.63. The van der Waals surface area contributed by atoms with Gasteiger partial charge >= 0.3 is 0 Å². The molecule has 1 saturated heterocycles. The molecule has 0 aromatic heterocycles. The molecule has 3 rings (SSSR count). The summed E-state index contributed by atoms with van der Waals surface area (Å²) in [6, 6.07) is 5.67. The Balaban J connectivity index is 1.75. The molecule has 1 atom stereocenters. The number of sulfone groups is 1. The molecule has 0 bridgehead atoms. The van der Waals surface area contributed by atoms with Gasteiger partial charge in [-0.25, -0.2) is 17.8 Å². The summed E-state index contributed by atoms with van der Waals surface area (Å²) < 4.78 is 37.1. The van der Waals surface area contributed by atoms with E-state index < -0.39 is 27.6 Å². The van der Waals surface area contributed by atoms with Gasteiger partial charge in [0.25, 0.3) is 5.91 Å². The Kier molecular flexibility index (Phi) is 5.08. The number of carbonyl (C=O) groups excluding carboxylic acids is 2. The topological polar surface area (TPSA) is 87.1 Å². The van der Waals surface area contributed by atoms with E-state index in [1.54, 1.807) is 18.2 Å². The van der Waals surface area contributed by atoms with Crippen LogP contribution in [0.15, 0.2) is 29.4 Å². The first-order chi connectivity index (χ1) is 12.3. The van der Waals surface area contributed by atoms with Crippen LogP contribution < -0.4 is 0 Å². The number of benzene rings is 1. The van der Waals surface area contributed by atoms with Crippen LogP contribution in [0.2, 0.25) is 0 Å². The second kappa shape index (κ2) is 7.14. The summed E-state index contributed by atoms with van der Waals surface area (Å²) in [6.45, 7) is 0.0796. The van der Waals surface area contributed by atoms with Crippen molar-refractivity contribution in [3.63, 3.8) is 0 Å². The normalized spacial score (nSPS) is 22.2. The lowest BCUT2D eigenvalue weighted by Crippen LogP contribution is -2.44. The highest BCUT2D eigenvalue weighted by molar-refractivity contribution is 7.91. The van der Waals surface area contributed by atoms with Crippen LogP contribution in [-0.2, 0) is 26.0 Å². The fourth-order valence-corrected chi connectivity index (χ4v) is 4.85. The predicted molar refractivity (Wildman–Crippen MR) is 93.4 cm³/mol. The molecule has 0 N–H and O–H groups in total. The Morgan fingerprint density at radius 1 is 1.35 bits per heavy atom. The third-order valence-corrected chi connectivity index (χ3v) is 6.32. The molecular weight excluding hydrogens is 361 g/mol. The van der Waals surface area contributed by atoms with E-state index in [-0.39, 0.29) is 42.5 Å². The quantitative estimate of drug-likeness (QED) is 0.777. The molecule has 0 saturated carbocycles. The average molecular weight is 381 g/mol. The number of hydrogen-bond acceptors (Lipinski definition) is 5. The zero-order valence-corrected chi connectivity index (χ0v) is 15.2. The SMILES string of the molecule is CN(Cc1ccccc1F)C(=O)C1=NN([C@@H]2CCS(=O)(=O)C2)C(=O)CC1. The van der Waals surface area contributed by atoms with E-state index in [1.807, 2.05) is 0 Å². The number of rotatable bonds is 4. The lowest BCUT2D eigenvalue weighted by molar-refractivity contribution is -0.134. The summed E-state index contributed by atoms with van der Waals surface area (Å²) >= 11 is 0. The molecule has 0 spiro atoms. The Labute approximate surface area is 151 Å². The zero-order chi connectivity index (χ0) is 18.9. The first kappa shape index (κ1) is 18.5. The molecule has 0 unspecified atom stereocenters. The van der Waals surface area contributed by atoms with Gasteiger partial charge in [-0.2, -0.15) is 5.10 Å². The number of hydrazone groups is 1. The Bertz CT molecular complexity index is 869. The van der Waals surface area contributed by atoms with Crippen molar-refractivity contribution < 1.29 is 22.4 Å². The van der Waals surface area contributed by atoms with Gasteiger partial charge in [-0.05, 0) is 12.5 Å². The molecule has 9 heteroatoms. The maximum absolute atomic E-state index is 13.8. The van der Waals surface area contributed by atoms with Gasteiger partial charge in [0.15, 0.2) is 9.84 Å². The highest BCUT2D eigenvalue weighted by Crippen LogP contribution is 2.22. The third-order valence-electron chi connectivity index (χ3n) is 4.57. The van der Waals surface area contributed by atoms with Gasteiger partial charge in [-0.15, -0.1) is 0 Å². The third kappa shape index (κ3) is 3.92. The maximum Gasteiger partial charge on any atom is 0.270 e. The van der Waals surface area contributed by atoms with E-state index in [4.69, 9.17) is 0 Å². The largest absolute Gasteiger partial charge is 0.336 e. The van der Waals surface area contributed by atoms with Crippen molar-refractivity contribution in [2.24, 2.45) is 5.10 Å². The van der Waals surface area contributed by atoms with Crippen LogP contribution in [0.1, 0.15) is 24.8 Å². The molecule has 2 aliphatic heterocycles. The molecule has 2 heterocycles. The summed E-state index contributed by atoms with van der Waals surface area (Å²) in [4.78, 5) is 26.1. The summed E-state index contributed by atoms with van der Waals surface area (Å²) in [5, 5.41) is 5.30. The standard InChI is InChI=1S/C17H20FN3O4S/c1-20(10-12-4-2-3-5-14(12)18)17(23)15-6-7-16(22)21(19-15)13-8-9-26(24,25)11-13/h2-5,13H,6-11H2,1H3/t13-/m1/s1. The highest BCUT2D eigenvalue weighted by atomic mass is 32.2. The van der Waals surface area contributed by atoms with Crippen LogP contribution in [0.4, 0.5) is 4.39 Å². The minimum absolute atomic E-state index is 0.0213. The molecule has 7 nitrogen and oxygen atoms in total. The predicted octanol–water partition coefficient (Wildman–Crippen LogP) is 0.950. The Morgan fingerprint density at radius 3 is 2.73 bits per heavy atom. The Hall–Kier alpha value is -2.29. The lowest BCUT2D eigenvalue weighted by atomic mass is 10.1. The van der Waals surface area contributed by atoms with Gasteiger partial charge in [0.05, 0.1) is 17.5 Å². The molecule has 2 amide bonds. The van der Waals surface area contributed by atoms with Gasteiger partial charge in [-0.3, -0.25) is 9.59 Å². The number of hydrogen-bond donors (Lipinski definition) is 0. The molecule has 1 aromatic rings. The molecule has 26 heavy (non-hydrogen) atoms. The van der Waals surface area contributed by atoms with E-state index >= 15 is 0 Å². The van der Waals surface area contributed by atoms with Crippen LogP contribution in [0.3, 0.4) is 0 Å².